The van der Waals surface area contributed by atoms with Gasteiger partial charge in [0, 0.05) is 18.1 Å². The molecule has 0 saturated heterocycles. The standard InChI is InChI=1S/C11H15BrN2OS/c1-8-3-4-9(12)10(7-8)14-11(16)13-5-6-15-2/h3-4,7H,5-6H2,1-2H3,(H2,13,14,16). The van der Waals surface area contributed by atoms with E-state index in [0.717, 1.165) is 10.2 Å². The summed E-state index contributed by atoms with van der Waals surface area (Å²) in [6, 6.07) is 6.07. The van der Waals surface area contributed by atoms with E-state index in [-0.39, 0.29) is 0 Å². The van der Waals surface area contributed by atoms with Gasteiger partial charge in [0.2, 0.25) is 0 Å². The molecule has 1 aromatic carbocycles. The molecule has 1 aromatic rings. The largest absolute Gasteiger partial charge is 0.383 e. The Balaban J connectivity index is 2.52. The second-order valence-corrected chi connectivity index (χ2v) is 4.62. The van der Waals surface area contributed by atoms with Crippen LogP contribution in [0.1, 0.15) is 5.56 Å². The lowest BCUT2D eigenvalue weighted by Gasteiger charge is -2.12. The highest BCUT2D eigenvalue weighted by atomic mass is 79.9. The quantitative estimate of drug-likeness (QED) is 0.662. The second-order valence-electron chi connectivity index (χ2n) is 3.36. The first-order chi connectivity index (χ1) is 7.63. The number of hydrogen-bond acceptors (Lipinski definition) is 2. The van der Waals surface area contributed by atoms with Crippen molar-refractivity contribution in [2.75, 3.05) is 25.6 Å². The molecule has 1 rings (SSSR count). The van der Waals surface area contributed by atoms with Crippen molar-refractivity contribution in [1.29, 1.82) is 0 Å². The van der Waals surface area contributed by atoms with Crippen molar-refractivity contribution in [2.24, 2.45) is 0 Å². The van der Waals surface area contributed by atoms with Gasteiger partial charge in [0.1, 0.15) is 0 Å². The summed E-state index contributed by atoms with van der Waals surface area (Å²) >= 11 is 8.62. The van der Waals surface area contributed by atoms with Crippen LogP contribution in [0.15, 0.2) is 22.7 Å². The van der Waals surface area contributed by atoms with Crippen LogP contribution in [-0.4, -0.2) is 25.4 Å². The minimum absolute atomic E-state index is 0.600. The summed E-state index contributed by atoms with van der Waals surface area (Å²) in [4.78, 5) is 0. The molecule has 16 heavy (non-hydrogen) atoms. The predicted octanol–water partition coefficient (Wildman–Crippen LogP) is 2.69. The lowest BCUT2D eigenvalue weighted by atomic mass is 10.2. The Bertz CT molecular complexity index is 371. The van der Waals surface area contributed by atoms with Gasteiger partial charge in [-0.2, -0.15) is 0 Å². The van der Waals surface area contributed by atoms with Crippen LogP contribution in [0.25, 0.3) is 0 Å². The van der Waals surface area contributed by atoms with Crippen molar-refractivity contribution in [3.63, 3.8) is 0 Å². The molecule has 0 fully saturated rings. The number of nitrogens with one attached hydrogen (secondary N) is 2. The highest BCUT2D eigenvalue weighted by Gasteiger charge is 2.01. The molecule has 0 atom stereocenters. The number of thiocarbonyl (C=S) groups is 1. The fourth-order valence-corrected chi connectivity index (χ4v) is 1.73. The predicted molar refractivity (Wildman–Crippen MR) is 75.0 cm³/mol. The first-order valence-electron chi connectivity index (χ1n) is 4.93. The topological polar surface area (TPSA) is 33.3 Å². The minimum Gasteiger partial charge on any atom is -0.383 e. The molecular weight excluding hydrogens is 288 g/mol. The van der Waals surface area contributed by atoms with Crippen LogP contribution in [0.3, 0.4) is 0 Å². The lowest BCUT2D eigenvalue weighted by Crippen LogP contribution is -2.31. The summed E-state index contributed by atoms with van der Waals surface area (Å²) < 4.78 is 5.92. The smallest absolute Gasteiger partial charge is 0.170 e. The number of hydrogen-bond donors (Lipinski definition) is 2. The van der Waals surface area contributed by atoms with Gasteiger partial charge in [-0.25, -0.2) is 0 Å². The Morgan fingerprint density at radius 2 is 2.25 bits per heavy atom. The Kier molecular flexibility index (Phi) is 5.73. The maximum absolute atomic E-state index is 5.15. The van der Waals surface area contributed by atoms with Crippen molar-refractivity contribution in [3.05, 3.63) is 28.2 Å². The highest BCUT2D eigenvalue weighted by molar-refractivity contribution is 9.10. The van der Waals surface area contributed by atoms with Gasteiger partial charge in [0.25, 0.3) is 0 Å². The average Bonchev–Trinajstić information content (AvgIpc) is 2.24. The van der Waals surface area contributed by atoms with Gasteiger partial charge in [0.15, 0.2) is 5.11 Å². The number of ether oxygens (including phenoxy) is 1. The molecule has 3 nitrogen and oxygen atoms in total. The third kappa shape index (κ3) is 4.47. The van der Waals surface area contributed by atoms with Crippen molar-refractivity contribution < 1.29 is 4.74 Å². The van der Waals surface area contributed by atoms with E-state index in [1.807, 2.05) is 25.1 Å². The summed E-state index contributed by atoms with van der Waals surface area (Å²) in [6.45, 7) is 3.38. The number of rotatable bonds is 4. The first kappa shape index (κ1) is 13.4. The Morgan fingerprint density at radius 3 is 2.94 bits per heavy atom. The Labute approximate surface area is 110 Å². The fourth-order valence-electron chi connectivity index (χ4n) is 1.17. The normalized spacial score (nSPS) is 9.94. The van der Waals surface area contributed by atoms with Gasteiger partial charge in [-0.05, 0) is 52.8 Å². The maximum Gasteiger partial charge on any atom is 0.170 e. The van der Waals surface area contributed by atoms with E-state index in [2.05, 4.69) is 26.6 Å². The molecule has 0 amide bonds. The number of anilines is 1. The van der Waals surface area contributed by atoms with Crippen molar-refractivity contribution in [1.82, 2.24) is 5.32 Å². The average molecular weight is 303 g/mol. The van der Waals surface area contributed by atoms with Crippen LogP contribution in [0.4, 0.5) is 5.69 Å². The first-order valence-corrected chi connectivity index (χ1v) is 6.13. The molecule has 88 valence electrons. The summed E-state index contributed by atoms with van der Waals surface area (Å²) in [7, 11) is 1.66. The van der Waals surface area contributed by atoms with Gasteiger partial charge >= 0.3 is 0 Å². The fraction of sp³-hybridized carbons (Fsp3) is 0.364. The van der Waals surface area contributed by atoms with Crippen LogP contribution in [-0.2, 0) is 4.74 Å². The minimum atomic E-state index is 0.600. The summed E-state index contributed by atoms with van der Waals surface area (Å²) in [6.07, 6.45) is 0. The summed E-state index contributed by atoms with van der Waals surface area (Å²) in [5.74, 6) is 0. The molecule has 0 bridgehead atoms. The third-order valence-electron chi connectivity index (χ3n) is 1.96. The van der Waals surface area contributed by atoms with Crippen LogP contribution >= 0.6 is 28.1 Å². The maximum atomic E-state index is 5.15. The van der Waals surface area contributed by atoms with Crippen molar-refractivity contribution >= 4 is 38.9 Å². The van der Waals surface area contributed by atoms with E-state index in [0.29, 0.717) is 18.3 Å². The molecule has 0 aliphatic heterocycles. The molecule has 5 heteroatoms. The summed E-state index contributed by atoms with van der Waals surface area (Å²) in [5.41, 5.74) is 2.15. The molecule has 0 aromatic heterocycles. The molecule has 0 aliphatic rings. The molecule has 2 N–H and O–H groups in total. The Hall–Kier alpha value is -0.650. The molecule has 0 aliphatic carbocycles. The van der Waals surface area contributed by atoms with E-state index >= 15 is 0 Å². The monoisotopic (exact) mass is 302 g/mol. The van der Waals surface area contributed by atoms with E-state index < -0.39 is 0 Å². The zero-order valence-electron chi connectivity index (χ0n) is 9.34. The van der Waals surface area contributed by atoms with Gasteiger partial charge in [-0.15, -0.1) is 0 Å². The van der Waals surface area contributed by atoms with Crippen LogP contribution < -0.4 is 10.6 Å². The highest BCUT2D eigenvalue weighted by Crippen LogP contribution is 2.23. The van der Waals surface area contributed by atoms with E-state index in [9.17, 15) is 0 Å². The number of benzene rings is 1. The van der Waals surface area contributed by atoms with Gasteiger partial charge in [0.05, 0.1) is 12.3 Å². The van der Waals surface area contributed by atoms with E-state index in [1.54, 1.807) is 7.11 Å². The number of halogens is 1. The zero-order chi connectivity index (χ0) is 12.0. The van der Waals surface area contributed by atoms with Crippen LogP contribution in [0.2, 0.25) is 0 Å². The molecule has 0 unspecified atom stereocenters. The molecule has 0 saturated carbocycles. The third-order valence-corrected chi connectivity index (χ3v) is 2.90. The van der Waals surface area contributed by atoms with Crippen LogP contribution in [0, 0.1) is 6.92 Å². The molecule has 0 spiro atoms. The number of aryl methyl sites for hydroxylation is 1. The lowest BCUT2D eigenvalue weighted by molar-refractivity contribution is 0.204. The summed E-state index contributed by atoms with van der Waals surface area (Å²) in [5, 5.41) is 6.78. The zero-order valence-corrected chi connectivity index (χ0v) is 11.7. The van der Waals surface area contributed by atoms with E-state index in [1.165, 1.54) is 5.56 Å². The second kappa shape index (κ2) is 6.83. The van der Waals surface area contributed by atoms with Crippen LogP contribution in [0.5, 0.6) is 0 Å². The van der Waals surface area contributed by atoms with Gasteiger partial charge in [-0.1, -0.05) is 6.07 Å². The Morgan fingerprint density at radius 1 is 1.50 bits per heavy atom. The molecule has 0 heterocycles. The SMILES string of the molecule is COCCNC(=S)Nc1cc(C)ccc1Br. The van der Waals surface area contributed by atoms with E-state index in [4.69, 9.17) is 17.0 Å². The molecular formula is C11H15BrN2OS. The van der Waals surface area contributed by atoms with Gasteiger partial charge < -0.3 is 15.4 Å². The van der Waals surface area contributed by atoms with Crippen molar-refractivity contribution in [2.45, 2.75) is 6.92 Å². The molecule has 0 radical (unpaired) electrons. The van der Waals surface area contributed by atoms with Crippen molar-refractivity contribution in [3.8, 4) is 0 Å². The van der Waals surface area contributed by atoms with Gasteiger partial charge in [-0.3, -0.25) is 0 Å². The number of methoxy groups -OCH3 is 1.